The maximum absolute atomic E-state index is 4.97. The first kappa shape index (κ1) is 26.9. The highest BCUT2D eigenvalue weighted by atomic mass is 127. The summed E-state index contributed by atoms with van der Waals surface area (Å²) in [7, 11) is 0. The van der Waals surface area contributed by atoms with Crippen LogP contribution in [0.1, 0.15) is 67.7 Å². The molecule has 1 aliphatic heterocycles. The van der Waals surface area contributed by atoms with Gasteiger partial charge in [0.15, 0.2) is 5.96 Å². The molecule has 0 aromatic rings. The summed E-state index contributed by atoms with van der Waals surface area (Å²) in [6.45, 7) is 22.2. The molecule has 5 nitrogen and oxygen atoms in total. The van der Waals surface area contributed by atoms with Gasteiger partial charge in [0.05, 0.1) is 6.54 Å². The van der Waals surface area contributed by atoms with E-state index in [2.05, 4.69) is 68.9 Å². The van der Waals surface area contributed by atoms with Crippen LogP contribution >= 0.6 is 24.0 Å². The van der Waals surface area contributed by atoms with Gasteiger partial charge >= 0.3 is 0 Å². The first-order chi connectivity index (χ1) is 12.4. The van der Waals surface area contributed by atoms with Crippen molar-refractivity contribution >= 4 is 29.9 Å². The number of hydrogen-bond acceptors (Lipinski definition) is 3. The Labute approximate surface area is 186 Å². The Kier molecular flexibility index (Phi) is 14.8. The Morgan fingerprint density at radius 2 is 1.67 bits per heavy atom. The molecule has 1 atom stereocenters. The van der Waals surface area contributed by atoms with Crippen molar-refractivity contribution in [3.63, 3.8) is 0 Å². The van der Waals surface area contributed by atoms with Crippen molar-refractivity contribution < 1.29 is 0 Å². The summed E-state index contributed by atoms with van der Waals surface area (Å²) >= 11 is 0. The quantitative estimate of drug-likeness (QED) is 0.275. The highest BCUT2D eigenvalue weighted by Gasteiger charge is 2.22. The Balaban J connectivity index is 0.00000676. The van der Waals surface area contributed by atoms with Crippen LogP contribution in [0.15, 0.2) is 4.99 Å². The lowest BCUT2D eigenvalue weighted by molar-refractivity contribution is 0.167. The zero-order valence-electron chi connectivity index (χ0n) is 18.9. The molecule has 0 aromatic carbocycles. The lowest BCUT2D eigenvalue weighted by atomic mass is 10.0. The minimum atomic E-state index is 0. The van der Waals surface area contributed by atoms with E-state index in [0.717, 1.165) is 32.1 Å². The lowest BCUT2D eigenvalue weighted by Gasteiger charge is -2.35. The number of nitrogens with one attached hydrogen (secondary N) is 2. The van der Waals surface area contributed by atoms with Crippen LogP contribution < -0.4 is 10.6 Å². The van der Waals surface area contributed by atoms with Gasteiger partial charge in [0.1, 0.15) is 0 Å². The van der Waals surface area contributed by atoms with E-state index < -0.39 is 0 Å². The zero-order valence-corrected chi connectivity index (χ0v) is 21.3. The van der Waals surface area contributed by atoms with Gasteiger partial charge in [-0.25, -0.2) is 0 Å². The van der Waals surface area contributed by atoms with Gasteiger partial charge in [-0.2, -0.15) is 0 Å². The molecule has 1 heterocycles. The summed E-state index contributed by atoms with van der Waals surface area (Å²) in [6, 6.07) is 1.73. The Morgan fingerprint density at radius 3 is 2.11 bits per heavy atom. The van der Waals surface area contributed by atoms with E-state index in [0.29, 0.717) is 24.0 Å². The lowest BCUT2D eigenvalue weighted by Crippen LogP contribution is -2.50. The molecule has 1 unspecified atom stereocenters. The average molecular weight is 496 g/mol. The van der Waals surface area contributed by atoms with Gasteiger partial charge in [0, 0.05) is 37.8 Å². The molecular formula is C21H46IN5. The van der Waals surface area contributed by atoms with E-state index in [9.17, 15) is 0 Å². The molecule has 1 saturated heterocycles. The van der Waals surface area contributed by atoms with E-state index in [-0.39, 0.29) is 24.0 Å². The summed E-state index contributed by atoms with van der Waals surface area (Å²) in [5, 5.41) is 7.15. The minimum absolute atomic E-state index is 0. The maximum atomic E-state index is 4.97. The first-order valence-electron chi connectivity index (χ1n) is 10.9. The summed E-state index contributed by atoms with van der Waals surface area (Å²) in [5.74, 6) is 1.70. The predicted molar refractivity (Wildman–Crippen MR) is 130 cm³/mol. The van der Waals surface area contributed by atoms with Crippen LogP contribution in [0.3, 0.4) is 0 Å². The molecule has 0 bridgehead atoms. The van der Waals surface area contributed by atoms with E-state index in [1.165, 1.54) is 32.4 Å². The normalized spacial score (nSPS) is 18.1. The number of aliphatic imine (C=N–C) groups is 1. The third kappa shape index (κ3) is 10.3. The molecule has 0 spiro atoms. The topological polar surface area (TPSA) is 42.9 Å². The Morgan fingerprint density at radius 1 is 1.07 bits per heavy atom. The van der Waals surface area contributed by atoms with Crippen molar-refractivity contribution in [2.24, 2.45) is 10.9 Å². The Hall–Kier alpha value is -0.0800. The predicted octanol–water partition coefficient (Wildman–Crippen LogP) is 3.79. The number of likely N-dealkylation sites (N-methyl/N-ethyl adjacent to an activating group) is 1. The Bertz CT molecular complexity index is 388. The second-order valence-electron chi connectivity index (χ2n) is 8.27. The number of likely N-dealkylation sites (tertiary alicyclic amines) is 1. The minimum Gasteiger partial charge on any atom is -0.357 e. The van der Waals surface area contributed by atoms with Gasteiger partial charge in [0.25, 0.3) is 0 Å². The third-order valence-electron chi connectivity index (χ3n) is 5.48. The van der Waals surface area contributed by atoms with Crippen molar-refractivity contribution in [3.05, 3.63) is 0 Å². The van der Waals surface area contributed by atoms with Crippen molar-refractivity contribution in [1.29, 1.82) is 0 Å². The van der Waals surface area contributed by atoms with Crippen LogP contribution in [0.25, 0.3) is 0 Å². The molecule has 1 fully saturated rings. The molecule has 162 valence electrons. The van der Waals surface area contributed by atoms with Gasteiger partial charge < -0.3 is 15.5 Å². The number of guanidine groups is 1. The molecule has 0 saturated carbocycles. The summed E-state index contributed by atoms with van der Waals surface area (Å²) in [5.41, 5.74) is 0. The van der Waals surface area contributed by atoms with Gasteiger partial charge in [-0.05, 0) is 59.0 Å². The van der Waals surface area contributed by atoms with Crippen molar-refractivity contribution in [1.82, 2.24) is 20.4 Å². The van der Waals surface area contributed by atoms with Gasteiger partial charge in [-0.1, -0.05) is 27.7 Å². The molecule has 0 aliphatic carbocycles. The summed E-state index contributed by atoms with van der Waals surface area (Å²) in [6.07, 6.45) is 3.61. The second-order valence-corrected chi connectivity index (χ2v) is 8.27. The smallest absolute Gasteiger partial charge is 0.191 e. The highest BCUT2D eigenvalue weighted by molar-refractivity contribution is 14.0. The molecule has 0 amide bonds. The van der Waals surface area contributed by atoms with E-state index in [4.69, 9.17) is 4.99 Å². The maximum Gasteiger partial charge on any atom is 0.191 e. The molecule has 2 N–H and O–H groups in total. The number of piperidine rings is 1. The van der Waals surface area contributed by atoms with Crippen molar-refractivity contribution in [3.8, 4) is 0 Å². The standard InChI is InChI=1S/C21H45N5.HI/c1-8-22-21(24-19-11-13-26(14-12-19)18(6)7)23-16-20(15-17(4)5)25(9-2)10-3;/h17-20H,8-16H2,1-7H3,(H2,22,23,24);1H. The fourth-order valence-corrected chi connectivity index (χ4v) is 3.89. The van der Waals surface area contributed by atoms with Crippen molar-refractivity contribution in [2.75, 3.05) is 39.3 Å². The summed E-state index contributed by atoms with van der Waals surface area (Å²) < 4.78 is 0. The first-order valence-corrected chi connectivity index (χ1v) is 10.9. The number of halogens is 1. The van der Waals surface area contributed by atoms with Crippen LogP contribution in [0.2, 0.25) is 0 Å². The molecule has 27 heavy (non-hydrogen) atoms. The number of nitrogens with zero attached hydrogens (tertiary/aromatic N) is 3. The SMILES string of the molecule is CCNC(=NCC(CC(C)C)N(CC)CC)NC1CCN(C(C)C)CC1.I. The van der Waals surface area contributed by atoms with Crippen LogP contribution in [-0.2, 0) is 0 Å². The number of hydrogen-bond donors (Lipinski definition) is 2. The fraction of sp³-hybridized carbons (Fsp3) is 0.952. The zero-order chi connectivity index (χ0) is 19.5. The van der Waals surface area contributed by atoms with Crippen LogP contribution in [0, 0.1) is 5.92 Å². The third-order valence-corrected chi connectivity index (χ3v) is 5.48. The molecule has 1 rings (SSSR count). The van der Waals surface area contributed by atoms with Crippen LogP contribution in [0.4, 0.5) is 0 Å². The van der Waals surface area contributed by atoms with Crippen LogP contribution in [0.5, 0.6) is 0 Å². The monoisotopic (exact) mass is 495 g/mol. The molecule has 1 aliphatic rings. The number of rotatable bonds is 10. The highest BCUT2D eigenvalue weighted by Crippen LogP contribution is 2.14. The molecule has 0 radical (unpaired) electrons. The molecular weight excluding hydrogens is 449 g/mol. The average Bonchev–Trinajstić information content (AvgIpc) is 2.60. The molecule has 6 heteroatoms. The van der Waals surface area contributed by atoms with Gasteiger partial charge in [-0.3, -0.25) is 9.89 Å². The van der Waals surface area contributed by atoms with Crippen LogP contribution in [-0.4, -0.2) is 73.2 Å². The second kappa shape index (κ2) is 14.9. The largest absolute Gasteiger partial charge is 0.357 e. The summed E-state index contributed by atoms with van der Waals surface area (Å²) in [4.78, 5) is 10.1. The van der Waals surface area contributed by atoms with E-state index in [1.807, 2.05) is 0 Å². The molecule has 0 aromatic heterocycles. The van der Waals surface area contributed by atoms with Gasteiger partial charge in [0.2, 0.25) is 0 Å². The van der Waals surface area contributed by atoms with E-state index >= 15 is 0 Å². The van der Waals surface area contributed by atoms with Crippen molar-refractivity contribution in [2.45, 2.75) is 85.9 Å². The van der Waals surface area contributed by atoms with Gasteiger partial charge in [-0.15, -0.1) is 24.0 Å². The fourth-order valence-electron chi connectivity index (χ4n) is 3.89. The van der Waals surface area contributed by atoms with E-state index in [1.54, 1.807) is 0 Å².